The van der Waals surface area contributed by atoms with E-state index in [0.717, 1.165) is 6.07 Å². The lowest BCUT2D eigenvalue weighted by Gasteiger charge is -2.07. The molecule has 1 aromatic rings. The van der Waals surface area contributed by atoms with Gasteiger partial charge in [-0.2, -0.15) is 0 Å². The highest BCUT2D eigenvalue weighted by atomic mass is 35.5. The molecule has 0 unspecified atom stereocenters. The second kappa shape index (κ2) is 3.87. The first-order chi connectivity index (χ1) is 6.73. The second-order valence-corrected chi connectivity index (χ2v) is 4.50. The van der Waals surface area contributed by atoms with Crippen LogP contribution in [0.2, 0.25) is 5.02 Å². The van der Waals surface area contributed by atoms with Crippen molar-refractivity contribution in [1.82, 2.24) is 4.98 Å². The fourth-order valence-corrected chi connectivity index (χ4v) is 2.04. The molecule has 0 atom stereocenters. The third-order valence-electron chi connectivity index (χ3n) is 1.48. The van der Waals surface area contributed by atoms with E-state index in [-0.39, 0.29) is 0 Å². The molecule has 9 heteroatoms. The molecule has 0 aromatic carbocycles. The Labute approximate surface area is 89.1 Å². The van der Waals surface area contributed by atoms with Crippen molar-refractivity contribution < 1.29 is 17.2 Å². The van der Waals surface area contributed by atoms with E-state index in [4.69, 9.17) is 22.5 Å². The van der Waals surface area contributed by atoms with E-state index in [9.17, 15) is 17.2 Å². The summed E-state index contributed by atoms with van der Waals surface area (Å²) >= 11 is 5.40. The summed E-state index contributed by atoms with van der Waals surface area (Å²) in [6.45, 7) is 0. The van der Waals surface area contributed by atoms with Crippen LogP contribution in [0, 0.1) is 0 Å². The van der Waals surface area contributed by atoms with Crippen molar-refractivity contribution in [2.45, 2.75) is 11.3 Å². The number of nitrogen functional groups attached to an aromatic ring is 1. The molecule has 0 radical (unpaired) electrons. The van der Waals surface area contributed by atoms with Gasteiger partial charge < -0.3 is 5.73 Å². The largest absolute Gasteiger partial charge is 0.384 e. The van der Waals surface area contributed by atoms with Crippen LogP contribution in [0.5, 0.6) is 0 Å². The van der Waals surface area contributed by atoms with Gasteiger partial charge in [0.2, 0.25) is 10.0 Å². The molecule has 1 aromatic heterocycles. The summed E-state index contributed by atoms with van der Waals surface area (Å²) in [5, 5.41) is 4.05. The molecule has 0 aliphatic carbocycles. The Kier molecular flexibility index (Phi) is 3.12. The van der Waals surface area contributed by atoms with Crippen LogP contribution in [0.4, 0.5) is 14.6 Å². The maximum Gasteiger partial charge on any atom is 0.281 e. The quantitative estimate of drug-likeness (QED) is 0.822. The fourth-order valence-electron chi connectivity index (χ4n) is 0.896. The average molecular weight is 258 g/mol. The Morgan fingerprint density at radius 2 is 2.00 bits per heavy atom. The number of hydrogen-bond donors (Lipinski definition) is 2. The molecule has 0 saturated heterocycles. The number of pyridine rings is 1. The van der Waals surface area contributed by atoms with Crippen molar-refractivity contribution in [2.75, 3.05) is 5.73 Å². The fraction of sp³-hybridized carbons (Fsp3) is 0.167. The molecule has 4 N–H and O–H groups in total. The summed E-state index contributed by atoms with van der Waals surface area (Å²) in [5.74, 6) is -0.390. The lowest BCUT2D eigenvalue weighted by molar-refractivity contribution is 0.146. The summed E-state index contributed by atoms with van der Waals surface area (Å²) in [6, 6.07) is 0.823. The van der Waals surface area contributed by atoms with Crippen molar-refractivity contribution in [1.29, 1.82) is 0 Å². The van der Waals surface area contributed by atoms with Crippen LogP contribution in [0.15, 0.2) is 11.0 Å². The van der Waals surface area contributed by atoms with Crippen LogP contribution in [0.1, 0.15) is 12.1 Å². The Balaban J connectivity index is 3.56. The molecule has 1 rings (SSSR count). The van der Waals surface area contributed by atoms with Crippen molar-refractivity contribution in [2.24, 2.45) is 5.14 Å². The van der Waals surface area contributed by atoms with Gasteiger partial charge >= 0.3 is 0 Å². The molecule has 0 aliphatic heterocycles. The average Bonchev–Trinajstić information content (AvgIpc) is 2.06. The molecular weight excluding hydrogens is 252 g/mol. The smallest absolute Gasteiger partial charge is 0.281 e. The lowest BCUT2D eigenvalue weighted by Crippen LogP contribution is -2.15. The third kappa shape index (κ3) is 2.52. The summed E-state index contributed by atoms with van der Waals surface area (Å²) in [6.07, 6.45) is -3.03. The topological polar surface area (TPSA) is 99.1 Å². The van der Waals surface area contributed by atoms with Crippen LogP contribution in [0.3, 0.4) is 0 Å². The van der Waals surface area contributed by atoms with E-state index in [0.29, 0.717) is 0 Å². The van der Waals surface area contributed by atoms with Crippen molar-refractivity contribution in [3.05, 3.63) is 16.8 Å². The molecular formula is C6H6ClF2N3O2S. The highest BCUT2D eigenvalue weighted by Crippen LogP contribution is 2.31. The molecule has 15 heavy (non-hydrogen) atoms. The number of nitrogens with two attached hydrogens (primary N) is 2. The summed E-state index contributed by atoms with van der Waals surface area (Å²) in [5.41, 5.74) is 4.24. The minimum atomic E-state index is -4.20. The van der Waals surface area contributed by atoms with Crippen LogP contribution in [-0.2, 0) is 10.0 Å². The van der Waals surface area contributed by atoms with Gasteiger partial charge in [-0.3, -0.25) is 0 Å². The number of sulfonamides is 1. The minimum absolute atomic E-state index is 0.390. The molecule has 1 heterocycles. The summed E-state index contributed by atoms with van der Waals surface area (Å²) < 4.78 is 46.6. The van der Waals surface area contributed by atoms with E-state index in [1.807, 2.05) is 0 Å². The van der Waals surface area contributed by atoms with Crippen LogP contribution >= 0.6 is 11.6 Å². The highest BCUT2D eigenvalue weighted by Gasteiger charge is 2.23. The zero-order valence-corrected chi connectivity index (χ0v) is 8.69. The number of halogens is 3. The van der Waals surface area contributed by atoms with Gasteiger partial charge in [0.05, 0.1) is 5.02 Å². The number of rotatable bonds is 2. The van der Waals surface area contributed by atoms with Gasteiger partial charge in [0.25, 0.3) is 6.43 Å². The second-order valence-electron chi connectivity index (χ2n) is 2.59. The number of nitrogens with zero attached hydrogens (tertiary/aromatic N) is 1. The van der Waals surface area contributed by atoms with E-state index in [1.54, 1.807) is 0 Å². The van der Waals surface area contributed by atoms with E-state index < -0.39 is 37.9 Å². The van der Waals surface area contributed by atoms with Crippen molar-refractivity contribution in [3.8, 4) is 0 Å². The summed E-state index contributed by atoms with van der Waals surface area (Å²) in [4.78, 5) is 2.56. The molecule has 0 spiro atoms. The van der Waals surface area contributed by atoms with Gasteiger partial charge in [-0.25, -0.2) is 27.3 Å². The number of hydrogen-bond acceptors (Lipinski definition) is 4. The minimum Gasteiger partial charge on any atom is -0.384 e. The van der Waals surface area contributed by atoms with Gasteiger partial charge in [0.15, 0.2) is 0 Å². The molecule has 0 saturated carbocycles. The first kappa shape index (κ1) is 12.1. The Hall–Kier alpha value is -0.990. The predicted octanol–water partition coefficient (Wildman–Crippen LogP) is 0.902. The summed E-state index contributed by atoms with van der Waals surface area (Å²) in [7, 11) is -4.20. The third-order valence-corrected chi connectivity index (χ3v) is 2.93. The number of anilines is 1. The van der Waals surface area contributed by atoms with Crippen LogP contribution < -0.4 is 10.9 Å². The van der Waals surface area contributed by atoms with E-state index in [1.165, 1.54) is 0 Å². The van der Waals surface area contributed by atoms with Crippen molar-refractivity contribution >= 4 is 27.4 Å². The van der Waals surface area contributed by atoms with Crippen LogP contribution in [0.25, 0.3) is 0 Å². The number of aromatic nitrogens is 1. The van der Waals surface area contributed by atoms with Gasteiger partial charge in [0.1, 0.15) is 16.4 Å². The highest BCUT2D eigenvalue weighted by molar-refractivity contribution is 7.89. The monoisotopic (exact) mass is 257 g/mol. The molecule has 0 amide bonds. The van der Waals surface area contributed by atoms with Crippen LogP contribution in [-0.4, -0.2) is 13.4 Å². The Morgan fingerprint density at radius 1 is 1.47 bits per heavy atom. The molecule has 0 aliphatic rings. The maximum absolute atomic E-state index is 12.3. The molecule has 5 nitrogen and oxygen atoms in total. The molecule has 0 bridgehead atoms. The normalized spacial score (nSPS) is 12.1. The first-order valence-electron chi connectivity index (χ1n) is 3.50. The van der Waals surface area contributed by atoms with Gasteiger partial charge in [0, 0.05) is 6.07 Å². The first-order valence-corrected chi connectivity index (χ1v) is 5.42. The Morgan fingerprint density at radius 3 is 2.40 bits per heavy atom. The molecule has 84 valence electrons. The van der Waals surface area contributed by atoms with Gasteiger partial charge in [-0.1, -0.05) is 11.6 Å². The number of alkyl halides is 2. The maximum atomic E-state index is 12.3. The zero-order valence-electron chi connectivity index (χ0n) is 7.12. The lowest BCUT2D eigenvalue weighted by atomic mass is 10.3. The SMILES string of the molecule is Nc1cc(S(N)(=O)=O)c(Cl)c(C(F)F)n1. The predicted molar refractivity (Wildman–Crippen MR) is 50.0 cm³/mol. The zero-order chi connectivity index (χ0) is 11.8. The van der Waals surface area contributed by atoms with E-state index in [2.05, 4.69) is 4.98 Å². The van der Waals surface area contributed by atoms with Gasteiger partial charge in [-0.15, -0.1) is 0 Å². The standard InChI is InChI=1S/C6H6ClF2N3O2S/c7-4-2(15(11,13)14)1-3(10)12-5(4)6(8)9/h1,6H,(H2,10,12)(H2,11,13,14). The van der Waals surface area contributed by atoms with E-state index >= 15 is 0 Å². The molecule has 0 fully saturated rings. The van der Waals surface area contributed by atoms with Gasteiger partial charge in [-0.05, 0) is 0 Å². The number of primary sulfonamides is 1. The Bertz CT molecular complexity index is 491. The van der Waals surface area contributed by atoms with Crippen molar-refractivity contribution in [3.63, 3.8) is 0 Å².